The number of nitrogens with zero attached hydrogens (tertiary/aromatic N) is 1. The molecule has 200 valence electrons. The number of hydrogen-bond acceptors (Lipinski definition) is 3. The normalized spacial score (nSPS) is 13.5. The van der Waals surface area contributed by atoms with Gasteiger partial charge in [-0.1, -0.05) is 71.8 Å². The van der Waals surface area contributed by atoms with Crippen molar-refractivity contribution in [2.45, 2.75) is 50.6 Å². The number of nitrogens with one attached hydrogen (secondary N) is 1. The third kappa shape index (κ3) is 5.87. The average Bonchev–Trinajstić information content (AvgIpc) is 3.41. The van der Waals surface area contributed by atoms with E-state index >= 15 is 0 Å². The van der Waals surface area contributed by atoms with E-state index in [1.807, 2.05) is 13.8 Å². The molecule has 1 aliphatic rings. The highest BCUT2D eigenvalue weighted by Gasteiger charge is 2.29. The van der Waals surface area contributed by atoms with Gasteiger partial charge in [-0.15, -0.1) is 0 Å². The number of fused-ring (bicyclic) bond motifs is 1. The summed E-state index contributed by atoms with van der Waals surface area (Å²) < 4.78 is 29.3. The minimum absolute atomic E-state index is 0.0397. The third-order valence-electron chi connectivity index (χ3n) is 7.24. The number of carbonyl (C=O) groups excluding carboxylic acids is 1. The second-order valence-corrected chi connectivity index (χ2v) is 12.3. The van der Waals surface area contributed by atoms with Gasteiger partial charge in [0.25, 0.3) is 15.9 Å². The molecule has 1 atom stereocenters. The zero-order valence-corrected chi connectivity index (χ0v) is 23.6. The third-order valence-corrected chi connectivity index (χ3v) is 9.26. The van der Waals surface area contributed by atoms with Gasteiger partial charge < -0.3 is 5.32 Å². The van der Waals surface area contributed by atoms with Crippen molar-refractivity contribution < 1.29 is 13.2 Å². The molecule has 1 amide bonds. The van der Waals surface area contributed by atoms with Crippen LogP contribution >= 0.6 is 11.6 Å². The molecule has 1 aliphatic carbocycles. The van der Waals surface area contributed by atoms with Crippen LogP contribution in [0.15, 0.2) is 95.9 Å². The fourth-order valence-corrected chi connectivity index (χ4v) is 6.59. The zero-order chi connectivity index (χ0) is 27.6. The fraction of sp³-hybridized carbons (Fsp3) is 0.219. The van der Waals surface area contributed by atoms with Crippen molar-refractivity contribution in [1.29, 1.82) is 0 Å². The maximum absolute atomic E-state index is 14.0. The van der Waals surface area contributed by atoms with E-state index in [1.54, 1.807) is 72.8 Å². The summed E-state index contributed by atoms with van der Waals surface area (Å²) in [5.41, 5.74) is 6.05. The van der Waals surface area contributed by atoms with Crippen LogP contribution in [0.1, 0.15) is 57.6 Å². The molecule has 0 radical (unpaired) electrons. The number of para-hydroxylation sites is 1. The van der Waals surface area contributed by atoms with Gasteiger partial charge in [-0.3, -0.25) is 9.10 Å². The first-order valence-corrected chi connectivity index (χ1v) is 14.9. The first kappa shape index (κ1) is 27.0. The number of sulfonamides is 1. The van der Waals surface area contributed by atoms with E-state index in [-0.39, 0.29) is 29.0 Å². The van der Waals surface area contributed by atoms with Gasteiger partial charge in [-0.25, -0.2) is 8.42 Å². The molecule has 4 aromatic carbocycles. The number of rotatable bonds is 8. The van der Waals surface area contributed by atoms with Crippen LogP contribution in [0.5, 0.6) is 0 Å². The molecule has 7 heteroatoms. The van der Waals surface area contributed by atoms with Crippen molar-refractivity contribution in [3.8, 4) is 0 Å². The first-order valence-electron chi connectivity index (χ1n) is 13.1. The smallest absolute Gasteiger partial charge is 0.264 e. The van der Waals surface area contributed by atoms with Gasteiger partial charge in [-0.2, -0.15) is 0 Å². The van der Waals surface area contributed by atoms with Gasteiger partial charge in [-0.05, 0) is 91.8 Å². The Labute approximate surface area is 235 Å². The van der Waals surface area contributed by atoms with Crippen LogP contribution in [-0.2, 0) is 29.4 Å². The minimum atomic E-state index is -4.00. The summed E-state index contributed by atoms with van der Waals surface area (Å²) in [7, 11) is -4.00. The molecule has 0 saturated carbocycles. The molecule has 0 fully saturated rings. The van der Waals surface area contributed by atoms with Gasteiger partial charge >= 0.3 is 0 Å². The minimum Gasteiger partial charge on any atom is -0.345 e. The standard InChI is InChI=1S/C32H31ClN2O3S/c1-22-10-18-29(19-11-22)39(37,38)35(21-24-12-16-28(33)17-13-24)31-9-4-3-8-30(31)32(36)34-23(2)26-15-14-25-6-5-7-27(25)20-26/h3-4,8-20,23H,5-7,21H2,1-2H3,(H,34,36)/t23-/m1/s1. The van der Waals surface area contributed by atoms with Crippen LogP contribution < -0.4 is 9.62 Å². The lowest BCUT2D eigenvalue weighted by Crippen LogP contribution is -2.34. The van der Waals surface area contributed by atoms with E-state index in [9.17, 15) is 13.2 Å². The first-order chi connectivity index (χ1) is 18.7. The van der Waals surface area contributed by atoms with Gasteiger partial charge in [0, 0.05) is 5.02 Å². The van der Waals surface area contributed by atoms with Crippen LogP contribution in [0.2, 0.25) is 5.02 Å². The highest BCUT2D eigenvalue weighted by molar-refractivity contribution is 7.92. The Hall–Kier alpha value is -3.61. The van der Waals surface area contributed by atoms with Gasteiger partial charge in [0.1, 0.15) is 0 Å². The second-order valence-electron chi connectivity index (χ2n) is 10.0. The number of hydrogen-bond donors (Lipinski definition) is 1. The summed E-state index contributed by atoms with van der Waals surface area (Å²) >= 11 is 6.08. The van der Waals surface area contributed by atoms with Crippen molar-refractivity contribution in [2.75, 3.05) is 4.31 Å². The van der Waals surface area contributed by atoms with E-state index in [0.717, 1.165) is 36.0 Å². The van der Waals surface area contributed by atoms with E-state index in [4.69, 9.17) is 11.6 Å². The van der Waals surface area contributed by atoms with Crippen LogP contribution in [-0.4, -0.2) is 14.3 Å². The van der Waals surface area contributed by atoms with Crippen molar-refractivity contribution in [1.82, 2.24) is 5.32 Å². The van der Waals surface area contributed by atoms with E-state index < -0.39 is 10.0 Å². The number of halogens is 1. The van der Waals surface area contributed by atoms with Crippen LogP contribution in [0.3, 0.4) is 0 Å². The largest absolute Gasteiger partial charge is 0.345 e. The lowest BCUT2D eigenvalue weighted by atomic mass is 10.0. The molecule has 5 nitrogen and oxygen atoms in total. The summed E-state index contributed by atoms with van der Waals surface area (Å²) in [4.78, 5) is 13.8. The Kier molecular flexibility index (Phi) is 7.78. The van der Waals surface area contributed by atoms with E-state index in [0.29, 0.717) is 10.7 Å². The van der Waals surface area contributed by atoms with Crippen molar-refractivity contribution in [3.63, 3.8) is 0 Å². The second kappa shape index (κ2) is 11.2. The van der Waals surface area contributed by atoms with E-state index in [2.05, 4.69) is 23.5 Å². The fourth-order valence-electron chi connectivity index (χ4n) is 4.99. The summed E-state index contributed by atoms with van der Waals surface area (Å²) in [6.07, 6.45) is 3.32. The average molecular weight is 559 g/mol. The van der Waals surface area contributed by atoms with Crippen molar-refractivity contribution in [3.05, 3.63) is 129 Å². The van der Waals surface area contributed by atoms with Crippen LogP contribution in [0, 0.1) is 6.92 Å². The van der Waals surface area contributed by atoms with Gasteiger partial charge in [0.05, 0.1) is 28.7 Å². The van der Waals surface area contributed by atoms with Gasteiger partial charge in [0.2, 0.25) is 0 Å². The molecule has 39 heavy (non-hydrogen) atoms. The maximum Gasteiger partial charge on any atom is 0.264 e. The van der Waals surface area contributed by atoms with Gasteiger partial charge in [0.15, 0.2) is 0 Å². The van der Waals surface area contributed by atoms with Crippen LogP contribution in [0.4, 0.5) is 5.69 Å². The molecule has 5 rings (SSSR count). The zero-order valence-electron chi connectivity index (χ0n) is 22.0. The lowest BCUT2D eigenvalue weighted by Gasteiger charge is -2.27. The van der Waals surface area contributed by atoms with Crippen molar-refractivity contribution >= 4 is 33.2 Å². The highest BCUT2D eigenvalue weighted by Crippen LogP contribution is 2.31. The van der Waals surface area contributed by atoms with Crippen LogP contribution in [0.25, 0.3) is 0 Å². The topological polar surface area (TPSA) is 66.5 Å². The number of carbonyl (C=O) groups is 1. The monoisotopic (exact) mass is 558 g/mol. The molecular weight excluding hydrogens is 528 g/mol. The number of anilines is 1. The molecule has 1 N–H and O–H groups in total. The Bertz CT molecular complexity index is 1600. The molecule has 0 saturated heterocycles. The summed E-state index contributed by atoms with van der Waals surface area (Å²) in [6, 6.07) is 26.7. The molecular formula is C32H31ClN2O3S. The van der Waals surface area contributed by atoms with E-state index in [1.165, 1.54) is 15.4 Å². The SMILES string of the molecule is Cc1ccc(S(=O)(=O)N(Cc2ccc(Cl)cc2)c2ccccc2C(=O)N[C@H](C)c2ccc3c(c2)CCC3)cc1. The summed E-state index contributed by atoms with van der Waals surface area (Å²) in [5, 5.41) is 3.65. The Morgan fingerprint density at radius 1 is 0.923 bits per heavy atom. The predicted molar refractivity (Wildman–Crippen MR) is 157 cm³/mol. The number of aryl methyl sites for hydroxylation is 3. The molecule has 0 aromatic heterocycles. The maximum atomic E-state index is 14.0. The number of benzene rings is 4. The summed E-state index contributed by atoms with van der Waals surface area (Å²) in [6.45, 7) is 3.90. The summed E-state index contributed by atoms with van der Waals surface area (Å²) in [5.74, 6) is -0.334. The molecule has 0 unspecified atom stereocenters. The Balaban J connectivity index is 1.50. The Morgan fingerprint density at radius 2 is 1.62 bits per heavy atom. The lowest BCUT2D eigenvalue weighted by molar-refractivity contribution is 0.0940. The molecule has 0 heterocycles. The molecule has 0 spiro atoms. The molecule has 0 aliphatic heterocycles. The van der Waals surface area contributed by atoms with Crippen molar-refractivity contribution in [2.24, 2.45) is 0 Å². The highest BCUT2D eigenvalue weighted by atomic mass is 35.5. The predicted octanol–water partition coefficient (Wildman–Crippen LogP) is 7.02. The Morgan fingerprint density at radius 3 is 2.36 bits per heavy atom. The number of amides is 1. The molecule has 4 aromatic rings. The molecule has 0 bridgehead atoms. The quantitative estimate of drug-likeness (QED) is 0.252.